The first-order valence-electron chi connectivity index (χ1n) is 7.19. The fourth-order valence-electron chi connectivity index (χ4n) is 2.62. The van der Waals surface area contributed by atoms with Crippen molar-refractivity contribution in [3.05, 3.63) is 29.8 Å². The maximum atomic E-state index is 12.9. The Hall–Kier alpha value is -1.76. The summed E-state index contributed by atoms with van der Waals surface area (Å²) in [6, 6.07) is 4.37. The van der Waals surface area contributed by atoms with Crippen LogP contribution in [0.4, 0.5) is 23.7 Å². The number of piperidine rings is 1. The molecule has 0 spiro atoms. The second kappa shape index (κ2) is 6.56. The first-order chi connectivity index (χ1) is 10.3. The van der Waals surface area contributed by atoms with Crippen molar-refractivity contribution in [1.29, 1.82) is 0 Å². The standard InChI is InChI=1S/C15H19F3N2O2/c1-10(21)11-6-8-20(9-7-11)14(22)19-13-5-3-2-4-12(13)15(16,17)18/h2-5,10-11,21H,6-9H2,1H3,(H,19,22). The molecule has 7 heteroatoms. The first-order valence-corrected chi connectivity index (χ1v) is 7.19. The van der Waals surface area contributed by atoms with Gasteiger partial charge in [-0.25, -0.2) is 4.79 Å². The molecule has 0 radical (unpaired) electrons. The lowest BCUT2D eigenvalue weighted by Gasteiger charge is -2.33. The summed E-state index contributed by atoms with van der Waals surface area (Å²) in [7, 11) is 0. The van der Waals surface area contributed by atoms with Crippen molar-refractivity contribution in [3.63, 3.8) is 0 Å². The van der Waals surface area contributed by atoms with Crippen LogP contribution >= 0.6 is 0 Å². The summed E-state index contributed by atoms with van der Waals surface area (Å²) in [5.41, 5.74) is -1.10. The number of aliphatic hydroxyl groups is 1. The van der Waals surface area contributed by atoms with Crippen LogP contribution in [0.3, 0.4) is 0 Å². The quantitative estimate of drug-likeness (QED) is 0.879. The average Bonchev–Trinajstić information content (AvgIpc) is 2.46. The summed E-state index contributed by atoms with van der Waals surface area (Å²) < 4.78 is 38.7. The Labute approximate surface area is 126 Å². The highest BCUT2D eigenvalue weighted by molar-refractivity contribution is 5.90. The van der Waals surface area contributed by atoms with Crippen LogP contribution in [0, 0.1) is 5.92 Å². The highest BCUT2D eigenvalue weighted by Crippen LogP contribution is 2.34. The summed E-state index contributed by atoms with van der Waals surface area (Å²) in [6.07, 6.45) is -3.66. The number of hydrogen-bond donors (Lipinski definition) is 2. The molecule has 1 heterocycles. The van der Waals surface area contributed by atoms with Crippen LogP contribution in [-0.2, 0) is 6.18 Å². The van der Waals surface area contributed by atoms with E-state index < -0.39 is 23.9 Å². The third kappa shape index (κ3) is 3.91. The Morgan fingerprint density at radius 2 is 1.91 bits per heavy atom. The van der Waals surface area contributed by atoms with E-state index in [1.165, 1.54) is 23.1 Å². The number of carbonyl (C=O) groups is 1. The number of likely N-dealkylation sites (tertiary alicyclic amines) is 1. The van der Waals surface area contributed by atoms with Crippen molar-refractivity contribution in [2.24, 2.45) is 5.92 Å². The molecule has 1 aliphatic rings. The van der Waals surface area contributed by atoms with Gasteiger partial charge in [-0.15, -0.1) is 0 Å². The minimum absolute atomic E-state index is 0.131. The Kier molecular flexibility index (Phi) is 4.95. The molecule has 1 aromatic carbocycles. The number of alkyl halides is 3. The monoisotopic (exact) mass is 316 g/mol. The zero-order valence-electron chi connectivity index (χ0n) is 12.2. The van der Waals surface area contributed by atoms with Crippen LogP contribution in [0.1, 0.15) is 25.3 Å². The Morgan fingerprint density at radius 3 is 2.45 bits per heavy atom. The maximum absolute atomic E-state index is 12.9. The van der Waals surface area contributed by atoms with Gasteiger partial charge in [-0.3, -0.25) is 0 Å². The lowest BCUT2D eigenvalue weighted by atomic mass is 9.92. The highest BCUT2D eigenvalue weighted by Gasteiger charge is 2.34. The van der Waals surface area contributed by atoms with E-state index in [4.69, 9.17) is 0 Å². The number of para-hydroxylation sites is 1. The predicted octanol–water partition coefficient (Wildman–Crippen LogP) is 3.33. The van der Waals surface area contributed by atoms with E-state index in [9.17, 15) is 23.1 Å². The minimum Gasteiger partial charge on any atom is -0.393 e. The molecule has 0 bridgehead atoms. The zero-order valence-corrected chi connectivity index (χ0v) is 12.2. The minimum atomic E-state index is -4.51. The zero-order chi connectivity index (χ0) is 16.3. The average molecular weight is 316 g/mol. The fraction of sp³-hybridized carbons (Fsp3) is 0.533. The van der Waals surface area contributed by atoms with Gasteiger partial charge in [0, 0.05) is 13.1 Å². The van der Waals surface area contributed by atoms with Crippen molar-refractivity contribution in [2.75, 3.05) is 18.4 Å². The molecule has 22 heavy (non-hydrogen) atoms. The number of urea groups is 1. The SMILES string of the molecule is CC(O)C1CCN(C(=O)Nc2ccccc2C(F)(F)F)CC1. The number of benzene rings is 1. The summed E-state index contributed by atoms with van der Waals surface area (Å²) in [6.45, 7) is 2.56. The second-order valence-corrected chi connectivity index (χ2v) is 5.54. The number of amides is 2. The van der Waals surface area contributed by atoms with Gasteiger partial charge >= 0.3 is 12.2 Å². The number of nitrogens with one attached hydrogen (secondary N) is 1. The van der Waals surface area contributed by atoms with Gasteiger partial charge in [0.25, 0.3) is 0 Å². The van der Waals surface area contributed by atoms with Crippen LogP contribution in [0.5, 0.6) is 0 Å². The number of hydrogen-bond acceptors (Lipinski definition) is 2. The molecule has 1 unspecified atom stereocenters. The van der Waals surface area contributed by atoms with E-state index in [0.717, 1.165) is 6.07 Å². The third-order valence-corrected chi connectivity index (χ3v) is 3.98. The summed E-state index contributed by atoms with van der Waals surface area (Å²) >= 11 is 0. The van der Waals surface area contributed by atoms with Crippen molar-refractivity contribution in [3.8, 4) is 0 Å². The van der Waals surface area contributed by atoms with Crippen molar-refractivity contribution in [1.82, 2.24) is 4.90 Å². The summed E-state index contributed by atoms with van der Waals surface area (Å²) in [4.78, 5) is 13.6. The van der Waals surface area contributed by atoms with Gasteiger partial charge in [0.05, 0.1) is 17.4 Å². The van der Waals surface area contributed by atoms with Gasteiger partial charge < -0.3 is 15.3 Å². The van der Waals surface area contributed by atoms with Crippen LogP contribution in [0.2, 0.25) is 0 Å². The maximum Gasteiger partial charge on any atom is 0.418 e. The lowest BCUT2D eigenvalue weighted by molar-refractivity contribution is -0.136. The number of nitrogens with zero attached hydrogens (tertiary/aromatic N) is 1. The third-order valence-electron chi connectivity index (χ3n) is 3.98. The van der Waals surface area contributed by atoms with Crippen LogP contribution < -0.4 is 5.32 Å². The molecule has 2 N–H and O–H groups in total. The van der Waals surface area contributed by atoms with E-state index in [0.29, 0.717) is 25.9 Å². The second-order valence-electron chi connectivity index (χ2n) is 5.54. The molecule has 0 aliphatic carbocycles. The van der Waals surface area contributed by atoms with Crippen LogP contribution in [0.15, 0.2) is 24.3 Å². The first kappa shape index (κ1) is 16.6. The van der Waals surface area contributed by atoms with Gasteiger partial charge in [0.15, 0.2) is 0 Å². The molecule has 2 amide bonds. The molecular weight excluding hydrogens is 297 g/mol. The molecule has 4 nitrogen and oxygen atoms in total. The molecule has 122 valence electrons. The van der Waals surface area contributed by atoms with Gasteiger partial charge in [0.1, 0.15) is 0 Å². The van der Waals surface area contributed by atoms with E-state index in [1.807, 2.05) is 0 Å². The normalized spacial score (nSPS) is 18.1. The molecule has 1 atom stereocenters. The number of halogens is 3. The van der Waals surface area contributed by atoms with Gasteiger partial charge in [0.2, 0.25) is 0 Å². The van der Waals surface area contributed by atoms with Crippen molar-refractivity contribution in [2.45, 2.75) is 32.0 Å². The van der Waals surface area contributed by atoms with E-state index in [-0.39, 0.29) is 11.6 Å². The molecule has 1 aromatic rings. The van der Waals surface area contributed by atoms with Crippen LogP contribution in [-0.4, -0.2) is 35.2 Å². The van der Waals surface area contributed by atoms with Crippen LogP contribution in [0.25, 0.3) is 0 Å². The molecular formula is C15H19F3N2O2. The van der Waals surface area contributed by atoms with E-state index >= 15 is 0 Å². The number of anilines is 1. The van der Waals surface area contributed by atoms with E-state index in [1.54, 1.807) is 6.92 Å². The molecule has 1 saturated heterocycles. The Bertz CT molecular complexity index is 524. The number of carbonyl (C=O) groups excluding carboxylic acids is 1. The number of aliphatic hydroxyl groups excluding tert-OH is 1. The smallest absolute Gasteiger partial charge is 0.393 e. The number of rotatable bonds is 2. The molecule has 0 saturated carbocycles. The highest BCUT2D eigenvalue weighted by atomic mass is 19.4. The molecule has 2 rings (SSSR count). The van der Waals surface area contributed by atoms with Gasteiger partial charge in [-0.05, 0) is 37.8 Å². The Morgan fingerprint density at radius 1 is 1.32 bits per heavy atom. The fourth-order valence-corrected chi connectivity index (χ4v) is 2.62. The van der Waals surface area contributed by atoms with Crippen molar-refractivity contribution >= 4 is 11.7 Å². The van der Waals surface area contributed by atoms with E-state index in [2.05, 4.69) is 5.32 Å². The predicted molar refractivity (Wildman–Crippen MR) is 76.4 cm³/mol. The van der Waals surface area contributed by atoms with Crippen molar-refractivity contribution < 1.29 is 23.1 Å². The topological polar surface area (TPSA) is 52.6 Å². The lowest BCUT2D eigenvalue weighted by Crippen LogP contribution is -2.43. The molecule has 1 fully saturated rings. The summed E-state index contributed by atoms with van der Waals surface area (Å²) in [5, 5.41) is 11.9. The molecule has 0 aromatic heterocycles. The largest absolute Gasteiger partial charge is 0.418 e. The summed E-state index contributed by atoms with van der Waals surface area (Å²) in [5.74, 6) is 0.131. The van der Waals surface area contributed by atoms with Gasteiger partial charge in [-0.1, -0.05) is 12.1 Å². The molecule has 1 aliphatic heterocycles. The van der Waals surface area contributed by atoms with Gasteiger partial charge in [-0.2, -0.15) is 13.2 Å². The Balaban J connectivity index is 2.02.